The van der Waals surface area contributed by atoms with E-state index in [0.29, 0.717) is 12.3 Å². The molecular weight excluding hydrogens is 278 g/mol. The van der Waals surface area contributed by atoms with Gasteiger partial charge in [-0.25, -0.2) is 0 Å². The number of likely N-dealkylation sites (N-methyl/N-ethyl adjacent to an activating group) is 1. The molecular formula is C18H25NO3. The van der Waals surface area contributed by atoms with Crippen molar-refractivity contribution in [3.63, 3.8) is 0 Å². The van der Waals surface area contributed by atoms with E-state index in [1.807, 2.05) is 30.3 Å². The second-order valence-electron chi connectivity index (χ2n) is 6.10. The lowest BCUT2D eigenvalue weighted by Gasteiger charge is -2.23. The average Bonchev–Trinajstić information content (AvgIpc) is 2.55. The third-order valence-electron chi connectivity index (χ3n) is 4.22. The van der Waals surface area contributed by atoms with Crippen molar-refractivity contribution < 1.29 is 14.3 Å². The number of esters is 1. The summed E-state index contributed by atoms with van der Waals surface area (Å²) < 4.78 is 5.21. The van der Waals surface area contributed by atoms with E-state index in [9.17, 15) is 9.59 Å². The first-order valence-corrected chi connectivity index (χ1v) is 8.08. The molecule has 22 heavy (non-hydrogen) atoms. The highest BCUT2D eigenvalue weighted by Gasteiger charge is 2.20. The summed E-state index contributed by atoms with van der Waals surface area (Å²) in [6.45, 7) is 0.280. The van der Waals surface area contributed by atoms with Gasteiger partial charge in [0.05, 0.1) is 0 Å². The molecule has 0 saturated heterocycles. The first-order chi connectivity index (χ1) is 10.6. The fourth-order valence-corrected chi connectivity index (χ4v) is 2.86. The van der Waals surface area contributed by atoms with Gasteiger partial charge in [-0.15, -0.1) is 0 Å². The highest BCUT2D eigenvalue weighted by atomic mass is 16.5. The van der Waals surface area contributed by atoms with E-state index in [1.165, 1.54) is 24.2 Å². The molecule has 0 atom stereocenters. The van der Waals surface area contributed by atoms with Crippen molar-refractivity contribution in [2.75, 3.05) is 13.6 Å². The lowest BCUT2D eigenvalue weighted by molar-refractivity contribution is -0.149. The van der Waals surface area contributed by atoms with Crippen molar-refractivity contribution in [3.05, 3.63) is 35.9 Å². The van der Waals surface area contributed by atoms with E-state index in [0.717, 1.165) is 18.4 Å². The van der Waals surface area contributed by atoms with Crippen molar-refractivity contribution in [2.24, 2.45) is 5.92 Å². The number of benzene rings is 1. The Bertz CT molecular complexity index is 480. The molecule has 2 rings (SSSR count). The summed E-state index contributed by atoms with van der Waals surface area (Å²) in [6.07, 6.45) is 6.56. The largest absolute Gasteiger partial charge is 0.459 e. The van der Waals surface area contributed by atoms with Crippen molar-refractivity contribution in [1.29, 1.82) is 0 Å². The standard InChI is InChI=1S/C18H25NO3/c1-19(17(20)12-15-8-4-2-5-9-15)13-18(21)22-14-16-10-6-3-7-11-16/h3,6-7,10-11,15H,2,4-5,8-9,12-14H2,1H3. The van der Waals surface area contributed by atoms with Gasteiger partial charge in [-0.05, 0) is 24.3 Å². The molecule has 1 aromatic rings. The molecule has 0 N–H and O–H groups in total. The third kappa shape index (κ3) is 5.51. The van der Waals surface area contributed by atoms with Crippen LogP contribution in [-0.4, -0.2) is 30.4 Å². The fourth-order valence-electron chi connectivity index (χ4n) is 2.86. The normalized spacial score (nSPS) is 15.3. The number of hydrogen-bond acceptors (Lipinski definition) is 3. The number of nitrogens with zero attached hydrogens (tertiary/aromatic N) is 1. The molecule has 1 aliphatic carbocycles. The Labute approximate surface area is 132 Å². The zero-order valence-electron chi connectivity index (χ0n) is 13.3. The smallest absolute Gasteiger partial charge is 0.325 e. The van der Waals surface area contributed by atoms with Gasteiger partial charge in [-0.3, -0.25) is 9.59 Å². The van der Waals surface area contributed by atoms with Gasteiger partial charge in [0, 0.05) is 13.5 Å². The Kier molecular flexibility index (Phi) is 6.44. The fraction of sp³-hybridized carbons (Fsp3) is 0.556. The minimum absolute atomic E-state index is 0.0262. The molecule has 0 bridgehead atoms. The minimum atomic E-state index is -0.358. The van der Waals surface area contributed by atoms with E-state index in [4.69, 9.17) is 4.74 Å². The monoisotopic (exact) mass is 303 g/mol. The van der Waals surface area contributed by atoms with E-state index < -0.39 is 0 Å². The zero-order valence-corrected chi connectivity index (χ0v) is 13.3. The van der Waals surface area contributed by atoms with Gasteiger partial charge in [-0.1, -0.05) is 49.6 Å². The van der Waals surface area contributed by atoms with Gasteiger partial charge < -0.3 is 9.64 Å². The average molecular weight is 303 g/mol. The van der Waals surface area contributed by atoms with E-state index in [-0.39, 0.29) is 25.0 Å². The highest BCUT2D eigenvalue weighted by molar-refractivity contribution is 5.81. The van der Waals surface area contributed by atoms with Gasteiger partial charge in [-0.2, -0.15) is 0 Å². The molecule has 1 amide bonds. The minimum Gasteiger partial charge on any atom is -0.459 e. The number of carbonyl (C=O) groups excluding carboxylic acids is 2. The second kappa shape index (κ2) is 8.57. The predicted octanol–water partition coefficient (Wildman–Crippen LogP) is 3.16. The summed E-state index contributed by atoms with van der Waals surface area (Å²) >= 11 is 0. The van der Waals surface area contributed by atoms with E-state index in [2.05, 4.69) is 0 Å². The van der Waals surface area contributed by atoms with Gasteiger partial charge in [0.15, 0.2) is 0 Å². The van der Waals surface area contributed by atoms with Crippen molar-refractivity contribution in [2.45, 2.75) is 45.1 Å². The Morgan fingerprint density at radius 3 is 2.50 bits per heavy atom. The molecule has 0 aromatic heterocycles. The van der Waals surface area contributed by atoms with Crippen LogP contribution < -0.4 is 0 Å². The molecule has 0 aliphatic heterocycles. The summed E-state index contributed by atoms with van der Waals surface area (Å²) in [6, 6.07) is 9.55. The van der Waals surface area contributed by atoms with Crippen LogP contribution in [0.1, 0.15) is 44.1 Å². The van der Waals surface area contributed by atoms with Crippen LogP contribution in [0.3, 0.4) is 0 Å². The number of amides is 1. The van der Waals surface area contributed by atoms with Crippen LogP contribution >= 0.6 is 0 Å². The summed E-state index contributed by atoms with van der Waals surface area (Å²) in [5, 5.41) is 0. The molecule has 1 fully saturated rings. The van der Waals surface area contributed by atoms with Crippen molar-refractivity contribution in [3.8, 4) is 0 Å². The SMILES string of the molecule is CN(CC(=O)OCc1ccccc1)C(=O)CC1CCCCC1. The van der Waals surface area contributed by atoms with Crippen LogP contribution in [0.2, 0.25) is 0 Å². The molecule has 4 nitrogen and oxygen atoms in total. The third-order valence-corrected chi connectivity index (χ3v) is 4.22. The molecule has 0 spiro atoms. The molecule has 1 saturated carbocycles. The van der Waals surface area contributed by atoms with Crippen LogP contribution in [0.5, 0.6) is 0 Å². The maximum atomic E-state index is 12.1. The van der Waals surface area contributed by atoms with Gasteiger partial charge in [0.1, 0.15) is 13.2 Å². The molecule has 0 radical (unpaired) electrons. The van der Waals surface area contributed by atoms with Crippen LogP contribution in [0.4, 0.5) is 0 Å². The molecule has 0 unspecified atom stereocenters. The number of rotatable bonds is 6. The number of hydrogen-bond donors (Lipinski definition) is 0. The Morgan fingerprint density at radius 2 is 1.82 bits per heavy atom. The Balaban J connectivity index is 1.69. The second-order valence-corrected chi connectivity index (χ2v) is 6.10. The van der Waals surface area contributed by atoms with Crippen LogP contribution in [0.15, 0.2) is 30.3 Å². The maximum absolute atomic E-state index is 12.1. The predicted molar refractivity (Wildman–Crippen MR) is 85.1 cm³/mol. The van der Waals surface area contributed by atoms with E-state index >= 15 is 0 Å². The lowest BCUT2D eigenvalue weighted by Crippen LogP contribution is -2.34. The maximum Gasteiger partial charge on any atom is 0.325 e. The molecule has 1 aromatic carbocycles. The van der Waals surface area contributed by atoms with Crippen LogP contribution in [0, 0.1) is 5.92 Å². The molecule has 4 heteroatoms. The first-order valence-electron chi connectivity index (χ1n) is 8.08. The molecule has 1 aliphatic rings. The molecule has 0 heterocycles. The lowest BCUT2D eigenvalue weighted by atomic mass is 9.87. The summed E-state index contributed by atoms with van der Waals surface area (Å²) in [5.74, 6) is 0.177. The quantitative estimate of drug-likeness (QED) is 0.758. The van der Waals surface area contributed by atoms with Crippen molar-refractivity contribution >= 4 is 11.9 Å². The number of ether oxygens (including phenoxy) is 1. The number of carbonyl (C=O) groups is 2. The first kappa shape index (κ1) is 16.5. The van der Waals surface area contributed by atoms with Crippen LogP contribution in [0.25, 0.3) is 0 Å². The van der Waals surface area contributed by atoms with Gasteiger partial charge in [0.25, 0.3) is 0 Å². The van der Waals surface area contributed by atoms with Crippen LogP contribution in [-0.2, 0) is 20.9 Å². The topological polar surface area (TPSA) is 46.6 Å². The Morgan fingerprint density at radius 1 is 1.14 bits per heavy atom. The Hall–Kier alpha value is -1.84. The van der Waals surface area contributed by atoms with Crippen molar-refractivity contribution in [1.82, 2.24) is 4.90 Å². The summed E-state index contributed by atoms with van der Waals surface area (Å²) in [7, 11) is 1.68. The molecule has 120 valence electrons. The highest BCUT2D eigenvalue weighted by Crippen LogP contribution is 2.26. The zero-order chi connectivity index (χ0) is 15.8. The van der Waals surface area contributed by atoms with Gasteiger partial charge >= 0.3 is 5.97 Å². The van der Waals surface area contributed by atoms with E-state index in [1.54, 1.807) is 7.05 Å². The summed E-state index contributed by atoms with van der Waals surface area (Å²) in [5.41, 5.74) is 0.951. The van der Waals surface area contributed by atoms with Gasteiger partial charge in [0.2, 0.25) is 5.91 Å². The summed E-state index contributed by atoms with van der Waals surface area (Å²) in [4.78, 5) is 25.4.